The quantitative estimate of drug-likeness (QED) is 0.635. The van der Waals surface area contributed by atoms with E-state index in [-0.39, 0.29) is 0 Å². The predicted molar refractivity (Wildman–Crippen MR) is 50.9 cm³/mol. The molecule has 0 aliphatic heterocycles. The lowest BCUT2D eigenvalue weighted by Crippen LogP contribution is -2.43. The zero-order valence-electron chi connectivity index (χ0n) is 8.58. The van der Waals surface area contributed by atoms with Crippen LogP contribution in [0.5, 0.6) is 0 Å². The first-order valence-corrected chi connectivity index (χ1v) is 4.96. The van der Waals surface area contributed by atoms with Crippen molar-refractivity contribution in [2.24, 2.45) is 5.92 Å². The minimum atomic E-state index is 0.370. The van der Waals surface area contributed by atoms with Gasteiger partial charge >= 0.3 is 0 Å². The van der Waals surface area contributed by atoms with E-state index in [4.69, 9.17) is 5.11 Å². The second kappa shape index (κ2) is 3.75. The summed E-state index contributed by atoms with van der Waals surface area (Å²) in [6.45, 7) is 0.370. The molecule has 1 saturated carbocycles. The molecule has 1 aliphatic rings. The number of nitrogens with zero attached hydrogens (tertiary/aromatic N) is 1. The number of aliphatic hydroxyl groups excluding tert-OH is 1. The van der Waals surface area contributed by atoms with E-state index >= 15 is 0 Å². The molecule has 2 unspecified atom stereocenters. The summed E-state index contributed by atoms with van der Waals surface area (Å²) in [5.74, 6) is 0.789. The molecule has 0 aromatic rings. The van der Waals surface area contributed by atoms with Crippen LogP contribution in [0.4, 0.5) is 0 Å². The van der Waals surface area contributed by atoms with Gasteiger partial charge in [0.2, 0.25) is 0 Å². The zero-order valence-corrected chi connectivity index (χ0v) is 8.58. The number of hydrogen-bond donors (Lipinski definition) is 1. The molecular formula is C10H22NO+. The molecule has 1 fully saturated rings. The summed E-state index contributed by atoms with van der Waals surface area (Å²) in [5, 5.41) is 8.81. The standard InChI is InChI=1S/C10H22NO/c1-11(2,3)10-5-4-9(8-10)6-7-12/h9-10,12H,4-8H2,1-3H3/q+1. The smallest absolute Gasteiger partial charge is 0.0886 e. The van der Waals surface area contributed by atoms with E-state index in [9.17, 15) is 0 Å². The Kier molecular flexibility index (Phi) is 3.13. The first kappa shape index (κ1) is 10.0. The molecule has 0 aromatic heterocycles. The summed E-state index contributed by atoms with van der Waals surface area (Å²) in [4.78, 5) is 0. The minimum Gasteiger partial charge on any atom is -0.396 e. The highest BCUT2D eigenvalue weighted by Crippen LogP contribution is 2.32. The van der Waals surface area contributed by atoms with Crippen molar-refractivity contribution in [2.45, 2.75) is 31.7 Å². The van der Waals surface area contributed by atoms with Crippen LogP contribution in [-0.2, 0) is 0 Å². The molecule has 0 aromatic carbocycles. The topological polar surface area (TPSA) is 20.2 Å². The van der Waals surface area contributed by atoms with Gasteiger partial charge in [-0.25, -0.2) is 0 Å². The van der Waals surface area contributed by atoms with Crippen molar-refractivity contribution in [1.29, 1.82) is 0 Å². The molecule has 0 amide bonds. The summed E-state index contributed by atoms with van der Waals surface area (Å²) >= 11 is 0. The minimum absolute atomic E-state index is 0.370. The Bertz CT molecular complexity index is 139. The molecule has 0 spiro atoms. The summed E-state index contributed by atoms with van der Waals surface area (Å²) in [5.41, 5.74) is 0. The maximum atomic E-state index is 8.81. The maximum absolute atomic E-state index is 8.81. The average Bonchev–Trinajstić information content (AvgIpc) is 2.35. The van der Waals surface area contributed by atoms with Gasteiger partial charge in [0.1, 0.15) is 0 Å². The van der Waals surface area contributed by atoms with Gasteiger partial charge in [-0.3, -0.25) is 0 Å². The molecule has 12 heavy (non-hydrogen) atoms. The van der Waals surface area contributed by atoms with Crippen LogP contribution in [0.15, 0.2) is 0 Å². The Morgan fingerprint density at radius 2 is 1.92 bits per heavy atom. The van der Waals surface area contributed by atoms with E-state index in [0.717, 1.165) is 22.9 Å². The fraction of sp³-hybridized carbons (Fsp3) is 1.00. The highest BCUT2D eigenvalue weighted by atomic mass is 16.3. The highest BCUT2D eigenvalue weighted by Gasteiger charge is 2.32. The largest absolute Gasteiger partial charge is 0.396 e. The third-order valence-corrected chi connectivity index (χ3v) is 3.15. The number of aliphatic hydroxyl groups is 1. The normalized spacial score (nSPS) is 31.0. The van der Waals surface area contributed by atoms with Crippen LogP contribution < -0.4 is 0 Å². The fourth-order valence-corrected chi connectivity index (χ4v) is 2.20. The lowest BCUT2D eigenvalue weighted by Gasteiger charge is -2.31. The second-order valence-corrected chi connectivity index (χ2v) is 4.96. The molecule has 0 heterocycles. The van der Waals surface area contributed by atoms with Crippen LogP contribution in [-0.4, -0.2) is 43.4 Å². The van der Waals surface area contributed by atoms with Crippen molar-refractivity contribution in [3.05, 3.63) is 0 Å². The van der Waals surface area contributed by atoms with Crippen molar-refractivity contribution in [3.63, 3.8) is 0 Å². The van der Waals surface area contributed by atoms with Gasteiger partial charge in [0.25, 0.3) is 0 Å². The molecule has 0 bridgehead atoms. The number of hydrogen-bond acceptors (Lipinski definition) is 1. The highest BCUT2D eigenvalue weighted by molar-refractivity contribution is 4.75. The lowest BCUT2D eigenvalue weighted by atomic mass is 10.0. The van der Waals surface area contributed by atoms with E-state index < -0.39 is 0 Å². The molecule has 0 radical (unpaired) electrons. The third kappa shape index (κ3) is 2.46. The van der Waals surface area contributed by atoms with Crippen LogP contribution in [0.3, 0.4) is 0 Å². The molecule has 1 rings (SSSR count). The van der Waals surface area contributed by atoms with Crippen LogP contribution in [0.2, 0.25) is 0 Å². The van der Waals surface area contributed by atoms with Crippen molar-refractivity contribution in [2.75, 3.05) is 27.7 Å². The van der Waals surface area contributed by atoms with Gasteiger partial charge in [0.15, 0.2) is 0 Å². The first-order chi connectivity index (χ1) is 5.54. The van der Waals surface area contributed by atoms with Crippen LogP contribution >= 0.6 is 0 Å². The van der Waals surface area contributed by atoms with Crippen LogP contribution in [0.1, 0.15) is 25.7 Å². The van der Waals surface area contributed by atoms with E-state index in [1.807, 2.05) is 0 Å². The lowest BCUT2D eigenvalue weighted by molar-refractivity contribution is -0.895. The molecule has 2 atom stereocenters. The van der Waals surface area contributed by atoms with Crippen LogP contribution in [0, 0.1) is 5.92 Å². The monoisotopic (exact) mass is 172 g/mol. The van der Waals surface area contributed by atoms with E-state index in [1.165, 1.54) is 19.3 Å². The van der Waals surface area contributed by atoms with Gasteiger partial charge in [-0.05, 0) is 25.2 Å². The van der Waals surface area contributed by atoms with Crippen molar-refractivity contribution < 1.29 is 9.59 Å². The molecule has 72 valence electrons. The average molecular weight is 172 g/mol. The summed E-state index contributed by atoms with van der Waals surface area (Å²) < 4.78 is 1.09. The number of rotatable bonds is 3. The Hall–Kier alpha value is -0.0800. The van der Waals surface area contributed by atoms with Gasteiger partial charge in [0, 0.05) is 13.0 Å². The Balaban J connectivity index is 2.35. The third-order valence-electron chi connectivity index (χ3n) is 3.15. The maximum Gasteiger partial charge on any atom is 0.0886 e. The van der Waals surface area contributed by atoms with Crippen LogP contribution in [0.25, 0.3) is 0 Å². The van der Waals surface area contributed by atoms with Gasteiger partial charge in [-0.1, -0.05) is 0 Å². The Labute approximate surface area is 75.8 Å². The van der Waals surface area contributed by atoms with Gasteiger partial charge in [-0.2, -0.15) is 0 Å². The summed E-state index contributed by atoms with van der Waals surface area (Å²) in [7, 11) is 6.81. The fourth-order valence-electron chi connectivity index (χ4n) is 2.20. The Morgan fingerprint density at radius 1 is 1.25 bits per heavy atom. The van der Waals surface area contributed by atoms with E-state index in [1.54, 1.807) is 0 Å². The molecule has 0 saturated heterocycles. The predicted octanol–water partition coefficient (Wildman–Crippen LogP) is 1.24. The second-order valence-electron chi connectivity index (χ2n) is 4.96. The van der Waals surface area contributed by atoms with Gasteiger partial charge < -0.3 is 9.59 Å². The van der Waals surface area contributed by atoms with Gasteiger partial charge in [0.05, 0.1) is 27.2 Å². The molecule has 1 aliphatic carbocycles. The Morgan fingerprint density at radius 3 is 2.33 bits per heavy atom. The van der Waals surface area contributed by atoms with Crippen molar-refractivity contribution in [3.8, 4) is 0 Å². The number of quaternary nitrogens is 1. The summed E-state index contributed by atoms with van der Waals surface area (Å²) in [6, 6.07) is 0.821. The SMILES string of the molecule is C[N+](C)(C)C1CCC(CCO)C1. The van der Waals surface area contributed by atoms with Crippen molar-refractivity contribution in [1.82, 2.24) is 0 Å². The van der Waals surface area contributed by atoms with Crippen molar-refractivity contribution >= 4 is 0 Å². The van der Waals surface area contributed by atoms with E-state index in [0.29, 0.717) is 6.61 Å². The molecule has 2 nitrogen and oxygen atoms in total. The van der Waals surface area contributed by atoms with Gasteiger partial charge in [-0.15, -0.1) is 0 Å². The first-order valence-electron chi connectivity index (χ1n) is 4.96. The molecular weight excluding hydrogens is 150 g/mol. The van der Waals surface area contributed by atoms with E-state index in [2.05, 4.69) is 21.1 Å². The molecule has 1 N–H and O–H groups in total. The molecule has 2 heteroatoms. The zero-order chi connectivity index (χ0) is 9.19. The summed E-state index contributed by atoms with van der Waals surface area (Å²) in [6.07, 6.45) is 4.98.